The van der Waals surface area contributed by atoms with E-state index in [2.05, 4.69) is 10.2 Å². The van der Waals surface area contributed by atoms with Crippen LogP contribution in [0.4, 0.5) is 10.1 Å². The van der Waals surface area contributed by atoms with Gasteiger partial charge in [0.05, 0.1) is 10.6 Å². The van der Waals surface area contributed by atoms with Crippen molar-refractivity contribution in [2.45, 2.75) is 4.90 Å². The summed E-state index contributed by atoms with van der Waals surface area (Å²) in [6, 6.07) is 9.62. The summed E-state index contributed by atoms with van der Waals surface area (Å²) in [6.07, 6.45) is 0. The number of sulfonamides is 1. The van der Waals surface area contributed by atoms with E-state index in [1.54, 1.807) is 0 Å². The van der Waals surface area contributed by atoms with Gasteiger partial charge in [-0.1, -0.05) is 17.7 Å². The molecule has 144 valence electrons. The second-order valence-corrected chi connectivity index (χ2v) is 8.69. The molecule has 1 N–H and O–H groups in total. The minimum Gasteiger partial charge on any atom is -0.319 e. The molecule has 0 unspecified atom stereocenters. The molecule has 27 heavy (non-hydrogen) atoms. The quantitative estimate of drug-likeness (QED) is 0.839. The Hall–Kier alpha value is -2.00. The SMILES string of the molecule is CN1CCN(S(=O)(=O)c2cccc(C(=O)Nc3ccc(Cl)cc3F)c2)CC1. The van der Waals surface area contributed by atoms with Crippen molar-refractivity contribution in [3.8, 4) is 0 Å². The van der Waals surface area contributed by atoms with Crippen LogP contribution in [0.25, 0.3) is 0 Å². The molecular weight excluding hydrogens is 393 g/mol. The van der Waals surface area contributed by atoms with Crippen molar-refractivity contribution >= 4 is 33.2 Å². The molecule has 0 bridgehead atoms. The molecule has 9 heteroatoms. The standard InChI is InChI=1S/C18H19ClFN3O3S/c1-22-7-9-23(10-8-22)27(25,26)15-4-2-3-13(11-15)18(24)21-17-6-5-14(19)12-16(17)20/h2-6,11-12H,7-10H2,1H3,(H,21,24). The molecule has 1 aliphatic heterocycles. The molecule has 3 rings (SSSR count). The van der Waals surface area contributed by atoms with Crippen LogP contribution in [0.1, 0.15) is 10.4 Å². The minimum absolute atomic E-state index is 0.0308. The summed E-state index contributed by atoms with van der Waals surface area (Å²) in [6.45, 7) is 2.08. The van der Waals surface area contributed by atoms with Crippen molar-refractivity contribution in [2.24, 2.45) is 0 Å². The van der Waals surface area contributed by atoms with Crippen LogP contribution in [0, 0.1) is 5.82 Å². The Morgan fingerprint density at radius 2 is 1.81 bits per heavy atom. The number of likely N-dealkylation sites (N-methyl/N-ethyl adjacent to an activating group) is 1. The lowest BCUT2D eigenvalue weighted by Crippen LogP contribution is -2.47. The maximum atomic E-state index is 13.9. The van der Waals surface area contributed by atoms with Crippen molar-refractivity contribution in [3.63, 3.8) is 0 Å². The molecule has 0 aromatic heterocycles. The van der Waals surface area contributed by atoms with Gasteiger partial charge < -0.3 is 10.2 Å². The van der Waals surface area contributed by atoms with E-state index >= 15 is 0 Å². The van der Waals surface area contributed by atoms with Gasteiger partial charge in [-0.2, -0.15) is 4.31 Å². The topological polar surface area (TPSA) is 69.7 Å². The van der Waals surface area contributed by atoms with Crippen molar-refractivity contribution in [2.75, 3.05) is 38.5 Å². The summed E-state index contributed by atoms with van der Waals surface area (Å²) in [5, 5.41) is 2.64. The van der Waals surface area contributed by atoms with Crippen LogP contribution in [0.2, 0.25) is 5.02 Å². The van der Waals surface area contributed by atoms with Crippen LogP contribution in [-0.4, -0.2) is 56.8 Å². The van der Waals surface area contributed by atoms with E-state index in [0.717, 1.165) is 6.07 Å². The Balaban J connectivity index is 1.81. The molecule has 0 atom stereocenters. The Morgan fingerprint density at radius 1 is 1.11 bits per heavy atom. The van der Waals surface area contributed by atoms with Gasteiger partial charge in [0.25, 0.3) is 5.91 Å². The number of benzene rings is 2. The highest BCUT2D eigenvalue weighted by Crippen LogP contribution is 2.22. The minimum atomic E-state index is -3.69. The molecule has 1 heterocycles. The van der Waals surface area contributed by atoms with Gasteiger partial charge in [0.2, 0.25) is 10.0 Å². The number of piperazine rings is 1. The molecule has 1 saturated heterocycles. The number of nitrogens with one attached hydrogen (secondary N) is 1. The first kappa shape index (κ1) is 19.8. The average Bonchev–Trinajstić information content (AvgIpc) is 2.64. The highest BCUT2D eigenvalue weighted by Gasteiger charge is 2.28. The van der Waals surface area contributed by atoms with E-state index in [0.29, 0.717) is 26.2 Å². The first-order valence-electron chi connectivity index (χ1n) is 8.32. The largest absolute Gasteiger partial charge is 0.319 e. The fraction of sp³-hybridized carbons (Fsp3) is 0.278. The van der Waals surface area contributed by atoms with E-state index in [9.17, 15) is 17.6 Å². The number of carbonyl (C=O) groups excluding carboxylic acids is 1. The van der Waals surface area contributed by atoms with Gasteiger partial charge in [-0.05, 0) is 43.4 Å². The second kappa shape index (κ2) is 7.93. The maximum absolute atomic E-state index is 13.9. The van der Waals surface area contributed by atoms with Gasteiger partial charge in [-0.15, -0.1) is 0 Å². The molecule has 0 spiro atoms. The fourth-order valence-electron chi connectivity index (χ4n) is 2.76. The monoisotopic (exact) mass is 411 g/mol. The van der Waals surface area contributed by atoms with Crippen LogP contribution < -0.4 is 5.32 Å². The Kier molecular flexibility index (Phi) is 5.81. The molecule has 2 aromatic carbocycles. The lowest BCUT2D eigenvalue weighted by molar-refractivity contribution is 0.102. The van der Waals surface area contributed by atoms with E-state index < -0.39 is 21.7 Å². The smallest absolute Gasteiger partial charge is 0.255 e. The first-order chi connectivity index (χ1) is 12.8. The zero-order chi connectivity index (χ0) is 19.6. The summed E-state index contributed by atoms with van der Waals surface area (Å²) in [4.78, 5) is 14.5. The molecule has 0 saturated carbocycles. The summed E-state index contributed by atoms with van der Waals surface area (Å²) >= 11 is 5.70. The Labute approximate surface area is 162 Å². The zero-order valence-corrected chi connectivity index (χ0v) is 16.2. The number of amides is 1. The van der Waals surface area contributed by atoms with Crippen LogP contribution in [0.5, 0.6) is 0 Å². The predicted octanol–water partition coefficient (Wildman–Crippen LogP) is 2.67. The van der Waals surface area contributed by atoms with Crippen molar-refractivity contribution in [1.29, 1.82) is 0 Å². The average molecular weight is 412 g/mol. The number of rotatable bonds is 4. The predicted molar refractivity (Wildman–Crippen MR) is 102 cm³/mol. The van der Waals surface area contributed by atoms with Gasteiger partial charge in [0.1, 0.15) is 5.82 Å². The van der Waals surface area contributed by atoms with Gasteiger partial charge in [-0.3, -0.25) is 4.79 Å². The highest BCUT2D eigenvalue weighted by molar-refractivity contribution is 7.89. The number of halogens is 2. The number of hydrogen-bond donors (Lipinski definition) is 1. The van der Waals surface area contributed by atoms with Gasteiger partial charge >= 0.3 is 0 Å². The third kappa shape index (κ3) is 4.47. The molecular formula is C18H19ClFN3O3S. The molecule has 1 amide bonds. The second-order valence-electron chi connectivity index (χ2n) is 6.31. The van der Waals surface area contributed by atoms with Crippen LogP contribution in [0.15, 0.2) is 47.4 Å². The fourth-order valence-corrected chi connectivity index (χ4v) is 4.39. The molecule has 0 aliphatic carbocycles. The van der Waals surface area contributed by atoms with Crippen molar-refractivity contribution < 1.29 is 17.6 Å². The van der Waals surface area contributed by atoms with Gasteiger partial charge in [0.15, 0.2) is 0 Å². The van der Waals surface area contributed by atoms with Crippen LogP contribution >= 0.6 is 11.6 Å². The molecule has 6 nitrogen and oxygen atoms in total. The van der Waals surface area contributed by atoms with E-state index in [-0.39, 0.29) is 21.2 Å². The van der Waals surface area contributed by atoms with E-state index in [1.165, 1.54) is 40.7 Å². The normalized spacial score (nSPS) is 16.3. The van der Waals surface area contributed by atoms with Crippen molar-refractivity contribution in [3.05, 3.63) is 58.9 Å². The Morgan fingerprint density at radius 3 is 2.48 bits per heavy atom. The Bertz CT molecular complexity index is 960. The van der Waals surface area contributed by atoms with E-state index in [4.69, 9.17) is 11.6 Å². The third-order valence-corrected chi connectivity index (χ3v) is 6.51. The summed E-state index contributed by atoms with van der Waals surface area (Å²) in [5.74, 6) is -1.27. The van der Waals surface area contributed by atoms with Gasteiger partial charge in [-0.25, -0.2) is 12.8 Å². The number of carbonyl (C=O) groups is 1. The van der Waals surface area contributed by atoms with Gasteiger partial charge in [0, 0.05) is 36.8 Å². The van der Waals surface area contributed by atoms with Crippen LogP contribution in [-0.2, 0) is 10.0 Å². The molecule has 0 radical (unpaired) electrons. The van der Waals surface area contributed by atoms with E-state index in [1.807, 2.05) is 7.05 Å². The summed E-state index contributed by atoms with van der Waals surface area (Å²) in [7, 11) is -1.76. The lowest BCUT2D eigenvalue weighted by atomic mass is 10.2. The third-order valence-electron chi connectivity index (χ3n) is 4.38. The van der Waals surface area contributed by atoms with Crippen molar-refractivity contribution in [1.82, 2.24) is 9.21 Å². The number of anilines is 1. The maximum Gasteiger partial charge on any atom is 0.255 e. The van der Waals surface area contributed by atoms with Crippen LogP contribution in [0.3, 0.4) is 0 Å². The summed E-state index contributed by atoms with van der Waals surface area (Å²) < 4.78 is 40.9. The highest BCUT2D eigenvalue weighted by atomic mass is 35.5. The summed E-state index contributed by atoms with van der Waals surface area (Å²) in [5.41, 5.74) is 0.0938. The molecule has 1 fully saturated rings. The number of nitrogens with zero attached hydrogens (tertiary/aromatic N) is 2. The molecule has 2 aromatic rings. The molecule has 1 aliphatic rings. The zero-order valence-electron chi connectivity index (χ0n) is 14.7. The number of hydrogen-bond acceptors (Lipinski definition) is 4. The first-order valence-corrected chi connectivity index (χ1v) is 10.1. The lowest BCUT2D eigenvalue weighted by Gasteiger charge is -2.31.